The minimum atomic E-state index is -0.355. The van der Waals surface area contributed by atoms with Crippen molar-refractivity contribution in [2.24, 2.45) is 0 Å². The number of nitrogens with zero attached hydrogens (tertiary/aromatic N) is 2. The van der Waals surface area contributed by atoms with Crippen LogP contribution >= 0.6 is 0 Å². The van der Waals surface area contributed by atoms with E-state index in [0.717, 1.165) is 12.8 Å². The fourth-order valence-corrected chi connectivity index (χ4v) is 2.44. The highest BCUT2D eigenvalue weighted by atomic mass is 19.1. The average molecular weight is 307 g/mol. The van der Waals surface area contributed by atoms with Crippen molar-refractivity contribution in [3.63, 3.8) is 0 Å². The fourth-order valence-electron chi connectivity index (χ4n) is 2.44. The summed E-state index contributed by atoms with van der Waals surface area (Å²) >= 11 is 0. The molecule has 3 amide bonds. The van der Waals surface area contributed by atoms with Crippen LogP contribution in [0, 0.1) is 5.82 Å². The number of amides is 3. The number of nitrogens with one attached hydrogen (secondary N) is 1. The van der Waals surface area contributed by atoms with E-state index in [2.05, 4.69) is 5.32 Å². The van der Waals surface area contributed by atoms with E-state index in [-0.39, 0.29) is 17.8 Å². The van der Waals surface area contributed by atoms with Crippen molar-refractivity contribution in [3.8, 4) is 0 Å². The van der Waals surface area contributed by atoms with E-state index in [9.17, 15) is 14.0 Å². The molecule has 1 aromatic carbocycles. The molecular formula is C16H22FN3O2. The van der Waals surface area contributed by atoms with E-state index in [1.54, 1.807) is 9.80 Å². The summed E-state index contributed by atoms with van der Waals surface area (Å²) in [6, 6.07) is 5.49. The monoisotopic (exact) mass is 307 g/mol. The summed E-state index contributed by atoms with van der Waals surface area (Å²) in [6.07, 6.45) is 1.64. The van der Waals surface area contributed by atoms with Gasteiger partial charge < -0.3 is 15.1 Å². The zero-order chi connectivity index (χ0) is 15.9. The van der Waals surface area contributed by atoms with Gasteiger partial charge in [-0.2, -0.15) is 0 Å². The van der Waals surface area contributed by atoms with Crippen LogP contribution in [0.15, 0.2) is 24.3 Å². The lowest BCUT2D eigenvalue weighted by Gasteiger charge is -2.22. The van der Waals surface area contributed by atoms with E-state index in [1.165, 1.54) is 24.3 Å². The van der Waals surface area contributed by atoms with Crippen LogP contribution in [0.3, 0.4) is 0 Å². The molecule has 22 heavy (non-hydrogen) atoms. The van der Waals surface area contributed by atoms with Gasteiger partial charge in [0.2, 0.25) is 0 Å². The van der Waals surface area contributed by atoms with Gasteiger partial charge in [-0.15, -0.1) is 0 Å². The molecule has 0 radical (unpaired) electrons. The van der Waals surface area contributed by atoms with Crippen LogP contribution in [0.1, 0.15) is 30.1 Å². The van der Waals surface area contributed by atoms with Crippen molar-refractivity contribution in [2.45, 2.75) is 19.8 Å². The SMILES string of the molecule is CCCNC(=O)N1CCCN(C(=O)c2ccc(F)cc2)CC1. The Hall–Kier alpha value is -2.11. The summed E-state index contributed by atoms with van der Waals surface area (Å²) in [5.41, 5.74) is 0.477. The minimum Gasteiger partial charge on any atom is -0.338 e. The van der Waals surface area contributed by atoms with E-state index < -0.39 is 0 Å². The minimum absolute atomic E-state index is 0.0714. The second-order valence-corrected chi connectivity index (χ2v) is 5.37. The maximum Gasteiger partial charge on any atom is 0.317 e. The largest absolute Gasteiger partial charge is 0.338 e. The van der Waals surface area contributed by atoms with Crippen LogP contribution in [0.2, 0.25) is 0 Å². The first-order valence-electron chi connectivity index (χ1n) is 7.69. The predicted octanol–water partition coefficient (Wildman–Crippen LogP) is 2.09. The van der Waals surface area contributed by atoms with Crippen LogP contribution in [-0.2, 0) is 0 Å². The summed E-state index contributed by atoms with van der Waals surface area (Å²) in [4.78, 5) is 27.8. The predicted molar refractivity (Wildman–Crippen MR) is 82.2 cm³/mol. The molecule has 1 N–H and O–H groups in total. The summed E-state index contributed by atoms with van der Waals surface area (Å²) in [5.74, 6) is -0.470. The second-order valence-electron chi connectivity index (χ2n) is 5.37. The lowest BCUT2D eigenvalue weighted by atomic mass is 10.2. The molecule has 0 unspecified atom stereocenters. The summed E-state index contributed by atoms with van der Waals surface area (Å²) in [5, 5.41) is 2.85. The zero-order valence-electron chi connectivity index (χ0n) is 12.8. The second kappa shape index (κ2) is 7.77. The quantitative estimate of drug-likeness (QED) is 0.929. The highest BCUT2D eigenvalue weighted by Crippen LogP contribution is 2.10. The maximum atomic E-state index is 12.9. The van der Waals surface area contributed by atoms with Crippen molar-refractivity contribution in [1.29, 1.82) is 0 Å². The van der Waals surface area contributed by atoms with Gasteiger partial charge in [0.05, 0.1) is 0 Å². The maximum absolute atomic E-state index is 12.9. The van der Waals surface area contributed by atoms with Crippen molar-refractivity contribution >= 4 is 11.9 Å². The third-order valence-electron chi connectivity index (χ3n) is 3.69. The lowest BCUT2D eigenvalue weighted by molar-refractivity contribution is 0.0762. The van der Waals surface area contributed by atoms with Crippen LogP contribution in [0.5, 0.6) is 0 Å². The highest BCUT2D eigenvalue weighted by Gasteiger charge is 2.22. The molecule has 5 nitrogen and oxygen atoms in total. The van der Waals surface area contributed by atoms with Gasteiger partial charge in [-0.25, -0.2) is 9.18 Å². The molecule has 0 atom stereocenters. The summed E-state index contributed by atoms with van der Waals surface area (Å²) < 4.78 is 12.9. The van der Waals surface area contributed by atoms with E-state index >= 15 is 0 Å². The van der Waals surface area contributed by atoms with Crippen molar-refractivity contribution in [3.05, 3.63) is 35.6 Å². The van der Waals surface area contributed by atoms with Crippen molar-refractivity contribution in [2.75, 3.05) is 32.7 Å². The van der Waals surface area contributed by atoms with E-state index in [0.29, 0.717) is 38.3 Å². The van der Waals surface area contributed by atoms with Gasteiger partial charge in [-0.1, -0.05) is 6.92 Å². The van der Waals surface area contributed by atoms with Gasteiger partial charge >= 0.3 is 6.03 Å². The first-order valence-corrected chi connectivity index (χ1v) is 7.69. The van der Waals surface area contributed by atoms with Crippen LogP contribution in [0.25, 0.3) is 0 Å². The van der Waals surface area contributed by atoms with E-state index in [4.69, 9.17) is 0 Å². The molecule has 1 saturated heterocycles. The summed E-state index contributed by atoms with van der Waals surface area (Å²) in [7, 11) is 0. The van der Waals surface area contributed by atoms with Crippen LogP contribution in [-0.4, -0.2) is 54.5 Å². The van der Waals surface area contributed by atoms with Gasteiger partial charge in [-0.3, -0.25) is 4.79 Å². The number of rotatable bonds is 3. The molecule has 0 saturated carbocycles. The number of carbonyl (C=O) groups is 2. The standard InChI is InChI=1S/C16H22FN3O2/c1-2-8-18-16(22)20-10-3-9-19(11-12-20)15(21)13-4-6-14(17)7-5-13/h4-7H,2-3,8-12H2,1H3,(H,18,22). The Balaban J connectivity index is 1.93. The molecule has 0 aromatic heterocycles. The Morgan fingerprint density at radius 2 is 1.73 bits per heavy atom. The molecule has 0 spiro atoms. The van der Waals surface area contributed by atoms with E-state index in [1.807, 2.05) is 6.92 Å². The van der Waals surface area contributed by atoms with Crippen LogP contribution < -0.4 is 5.32 Å². The highest BCUT2D eigenvalue weighted by molar-refractivity contribution is 5.94. The number of hydrogen-bond acceptors (Lipinski definition) is 2. The molecular weight excluding hydrogens is 285 g/mol. The van der Waals surface area contributed by atoms with Gasteiger partial charge in [0.1, 0.15) is 5.82 Å². The molecule has 6 heteroatoms. The molecule has 0 bridgehead atoms. The third-order valence-corrected chi connectivity index (χ3v) is 3.69. The number of urea groups is 1. The molecule has 1 aliphatic heterocycles. The molecule has 1 fully saturated rings. The number of carbonyl (C=O) groups excluding carboxylic acids is 2. The first-order chi connectivity index (χ1) is 10.6. The fraction of sp³-hybridized carbons (Fsp3) is 0.500. The molecule has 1 aliphatic rings. The Kier molecular flexibility index (Phi) is 5.75. The van der Waals surface area contributed by atoms with Crippen LogP contribution in [0.4, 0.5) is 9.18 Å². The Morgan fingerprint density at radius 3 is 2.41 bits per heavy atom. The molecule has 120 valence electrons. The van der Waals surface area contributed by atoms with Gasteiger partial charge in [-0.05, 0) is 37.1 Å². The van der Waals surface area contributed by atoms with Gasteiger partial charge in [0.25, 0.3) is 5.91 Å². The van der Waals surface area contributed by atoms with Gasteiger partial charge in [0.15, 0.2) is 0 Å². The molecule has 1 aromatic rings. The van der Waals surface area contributed by atoms with Crippen molar-refractivity contribution in [1.82, 2.24) is 15.1 Å². The zero-order valence-corrected chi connectivity index (χ0v) is 12.8. The number of hydrogen-bond donors (Lipinski definition) is 1. The summed E-state index contributed by atoms with van der Waals surface area (Å²) in [6.45, 7) is 4.92. The average Bonchev–Trinajstić information content (AvgIpc) is 2.78. The molecule has 1 heterocycles. The number of halogens is 1. The van der Waals surface area contributed by atoms with Crippen molar-refractivity contribution < 1.29 is 14.0 Å². The first kappa shape index (κ1) is 16.3. The lowest BCUT2D eigenvalue weighted by Crippen LogP contribution is -2.42. The smallest absolute Gasteiger partial charge is 0.317 e. The third kappa shape index (κ3) is 4.19. The molecule has 2 rings (SSSR count). The normalized spacial score (nSPS) is 15.4. The Morgan fingerprint density at radius 1 is 1.09 bits per heavy atom. The Labute approximate surface area is 130 Å². The Bertz CT molecular complexity index is 519. The van der Waals surface area contributed by atoms with Gasteiger partial charge in [0, 0.05) is 38.3 Å². The number of benzene rings is 1. The molecule has 0 aliphatic carbocycles. The topological polar surface area (TPSA) is 52.7 Å².